The first-order valence-electron chi connectivity index (χ1n) is 5.44. The number of rotatable bonds is 3. The predicted molar refractivity (Wildman–Crippen MR) is 60.9 cm³/mol. The first-order chi connectivity index (χ1) is 7.87. The van der Waals surface area contributed by atoms with Crippen molar-refractivity contribution < 1.29 is 18.3 Å². The molecule has 1 aliphatic heterocycles. The van der Waals surface area contributed by atoms with Crippen LogP contribution in [0.15, 0.2) is 18.2 Å². The Kier molecular flexibility index (Phi) is 2.85. The zero-order chi connectivity index (χ0) is 12.6. The molecule has 1 aliphatic rings. The van der Waals surface area contributed by atoms with E-state index in [2.05, 4.69) is 5.32 Å². The van der Waals surface area contributed by atoms with Gasteiger partial charge in [-0.15, -0.1) is 0 Å². The average molecular weight is 243 g/mol. The van der Waals surface area contributed by atoms with E-state index < -0.39 is 18.3 Å². The quantitative estimate of drug-likeness (QED) is 0.883. The normalized spacial score (nSPS) is 18.2. The van der Waals surface area contributed by atoms with Crippen LogP contribution in [0.25, 0.3) is 0 Å². The van der Waals surface area contributed by atoms with Gasteiger partial charge in [-0.25, -0.2) is 8.78 Å². The van der Waals surface area contributed by atoms with Gasteiger partial charge in [-0.1, -0.05) is 0 Å². The van der Waals surface area contributed by atoms with Gasteiger partial charge < -0.3 is 14.8 Å². The molecule has 0 spiro atoms. The molecule has 0 fully saturated rings. The maximum absolute atomic E-state index is 12.4. The van der Waals surface area contributed by atoms with Crippen LogP contribution in [-0.4, -0.2) is 18.3 Å². The maximum Gasteiger partial charge on any atom is 0.258 e. The first kappa shape index (κ1) is 12.0. The molecular formula is C12H15F2NO2. The molecule has 1 atom stereocenters. The summed E-state index contributed by atoms with van der Waals surface area (Å²) in [5.41, 5.74) is 0.595. The smallest absolute Gasteiger partial charge is 0.258 e. The van der Waals surface area contributed by atoms with E-state index in [-0.39, 0.29) is 0 Å². The number of anilines is 1. The highest BCUT2D eigenvalue weighted by Gasteiger charge is 2.31. The second kappa shape index (κ2) is 4.05. The molecule has 1 heterocycles. The van der Waals surface area contributed by atoms with Crippen molar-refractivity contribution in [3.05, 3.63) is 18.2 Å². The van der Waals surface area contributed by atoms with Crippen LogP contribution in [0.1, 0.15) is 20.8 Å². The summed E-state index contributed by atoms with van der Waals surface area (Å²) in [5, 5.41) is 2.71. The molecule has 0 aliphatic carbocycles. The summed E-state index contributed by atoms with van der Waals surface area (Å²) in [6.45, 7) is 5.02. The minimum Gasteiger partial charge on any atom is -0.449 e. The summed E-state index contributed by atoms with van der Waals surface area (Å²) in [6.07, 6.45) is -2.41. The largest absolute Gasteiger partial charge is 0.449 e. The first-order valence-corrected chi connectivity index (χ1v) is 5.44. The van der Waals surface area contributed by atoms with Gasteiger partial charge in [-0.3, -0.25) is 0 Å². The molecule has 1 unspecified atom stereocenters. The second-order valence-corrected chi connectivity index (χ2v) is 4.53. The average Bonchev–Trinajstić information content (AvgIpc) is 2.50. The van der Waals surface area contributed by atoms with Gasteiger partial charge >= 0.3 is 0 Å². The van der Waals surface area contributed by atoms with Crippen LogP contribution in [0.2, 0.25) is 0 Å². The standard InChI is InChI=1S/C12H15F2NO2/c1-7(11(13)14)15-8-4-5-9-10(6-8)17-12(2,3)16-9/h4-7,11,15H,1-3H3. The fraction of sp³-hybridized carbons (Fsp3) is 0.500. The van der Waals surface area contributed by atoms with E-state index in [1.807, 2.05) is 0 Å². The van der Waals surface area contributed by atoms with Crippen LogP contribution in [0, 0.1) is 0 Å². The molecule has 1 aromatic rings. The van der Waals surface area contributed by atoms with E-state index in [4.69, 9.17) is 9.47 Å². The highest BCUT2D eigenvalue weighted by molar-refractivity contribution is 5.56. The summed E-state index contributed by atoms with van der Waals surface area (Å²) >= 11 is 0. The van der Waals surface area contributed by atoms with Crippen LogP contribution in [-0.2, 0) is 0 Å². The molecule has 2 rings (SSSR count). The highest BCUT2D eigenvalue weighted by atomic mass is 19.3. The molecule has 0 radical (unpaired) electrons. The lowest BCUT2D eigenvalue weighted by Crippen LogP contribution is -2.29. The Balaban J connectivity index is 2.14. The van der Waals surface area contributed by atoms with E-state index in [9.17, 15) is 8.78 Å². The number of fused-ring (bicyclic) bond motifs is 1. The molecule has 0 saturated heterocycles. The molecule has 17 heavy (non-hydrogen) atoms. The Hall–Kier alpha value is -1.52. The van der Waals surface area contributed by atoms with Crippen molar-refractivity contribution in [2.24, 2.45) is 0 Å². The van der Waals surface area contributed by atoms with Crippen molar-refractivity contribution in [3.63, 3.8) is 0 Å². The molecule has 0 bridgehead atoms. The Morgan fingerprint density at radius 1 is 1.18 bits per heavy atom. The second-order valence-electron chi connectivity index (χ2n) is 4.53. The number of nitrogens with one attached hydrogen (secondary N) is 1. The molecule has 5 heteroatoms. The molecule has 94 valence electrons. The summed E-state index contributed by atoms with van der Waals surface area (Å²) in [4.78, 5) is 0. The van der Waals surface area contributed by atoms with Gasteiger partial charge in [-0.05, 0) is 19.1 Å². The van der Waals surface area contributed by atoms with Crippen LogP contribution < -0.4 is 14.8 Å². The van der Waals surface area contributed by atoms with Crippen LogP contribution in [0.3, 0.4) is 0 Å². The van der Waals surface area contributed by atoms with Crippen molar-refractivity contribution in [3.8, 4) is 11.5 Å². The van der Waals surface area contributed by atoms with E-state index in [0.717, 1.165) is 0 Å². The molecule has 3 nitrogen and oxygen atoms in total. The third-order valence-corrected chi connectivity index (χ3v) is 2.43. The predicted octanol–water partition coefficient (Wildman–Crippen LogP) is 3.26. The van der Waals surface area contributed by atoms with Crippen molar-refractivity contribution in [1.82, 2.24) is 0 Å². The molecule has 1 aromatic carbocycles. The Morgan fingerprint density at radius 2 is 1.82 bits per heavy atom. The van der Waals surface area contributed by atoms with Gasteiger partial charge in [0.25, 0.3) is 6.43 Å². The van der Waals surface area contributed by atoms with Gasteiger partial charge in [0.1, 0.15) is 0 Å². The molecular weight excluding hydrogens is 228 g/mol. The maximum atomic E-state index is 12.4. The number of hydrogen-bond acceptors (Lipinski definition) is 3. The van der Waals surface area contributed by atoms with E-state index in [1.54, 1.807) is 32.0 Å². The lowest BCUT2D eigenvalue weighted by molar-refractivity contribution is -0.0431. The van der Waals surface area contributed by atoms with Crippen molar-refractivity contribution >= 4 is 5.69 Å². The third-order valence-electron chi connectivity index (χ3n) is 2.43. The van der Waals surface area contributed by atoms with Gasteiger partial charge in [0, 0.05) is 25.6 Å². The molecule has 0 aromatic heterocycles. The SMILES string of the molecule is CC(Nc1ccc2c(c1)OC(C)(C)O2)C(F)F. The van der Waals surface area contributed by atoms with Crippen molar-refractivity contribution in [1.29, 1.82) is 0 Å². The fourth-order valence-corrected chi connectivity index (χ4v) is 1.64. The van der Waals surface area contributed by atoms with Crippen LogP contribution >= 0.6 is 0 Å². The number of hydrogen-bond donors (Lipinski definition) is 1. The topological polar surface area (TPSA) is 30.5 Å². The minimum absolute atomic E-state index is 0.571. The summed E-state index contributed by atoms with van der Waals surface area (Å²) in [5.74, 6) is 0.502. The lowest BCUT2D eigenvalue weighted by Gasteiger charge is -2.16. The van der Waals surface area contributed by atoms with Crippen LogP contribution in [0.5, 0.6) is 11.5 Å². The van der Waals surface area contributed by atoms with E-state index >= 15 is 0 Å². The Labute approximate surface area is 98.7 Å². The molecule has 0 amide bonds. The minimum atomic E-state index is -2.41. The van der Waals surface area contributed by atoms with Crippen molar-refractivity contribution in [2.75, 3.05) is 5.32 Å². The zero-order valence-electron chi connectivity index (χ0n) is 9.96. The molecule has 0 saturated carbocycles. The molecule has 1 N–H and O–H groups in total. The van der Waals surface area contributed by atoms with Gasteiger partial charge in [0.05, 0.1) is 6.04 Å². The summed E-state index contributed by atoms with van der Waals surface area (Å²) < 4.78 is 35.8. The van der Waals surface area contributed by atoms with Gasteiger partial charge in [0.15, 0.2) is 11.5 Å². The summed E-state index contributed by atoms with van der Waals surface area (Å²) in [7, 11) is 0. The monoisotopic (exact) mass is 243 g/mol. The highest BCUT2D eigenvalue weighted by Crippen LogP contribution is 2.40. The lowest BCUT2D eigenvalue weighted by atomic mass is 10.2. The van der Waals surface area contributed by atoms with E-state index in [1.165, 1.54) is 6.92 Å². The number of halogens is 2. The van der Waals surface area contributed by atoms with Crippen molar-refractivity contribution in [2.45, 2.75) is 39.0 Å². The third kappa shape index (κ3) is 2.60. The zero-order valence-corrected chi connectivity index (χ0v) is 9.96. The van der Waals surface area contributed by atoms with Crippen LogP contribution in [0.4, 0.5) is 14.5 Å². The Morgan fingerprint density at radius 3 is 2.47 bits per heavy atom. The summed E-state index contributed by atoms with van der Waals surface area (Å²) in [6, 6.07) is 4.18. The number of alkyl halides is 2. The number of benzene rings is 1. The van der Waals surface area contributed by atoms with E-state index in [0.29, 0.717) is 17.2 Å². The fourth-order valence-electron chi connectivity index (χ4n) is 1.64. The number of ether oxygens (including phenoxy) is 2. The van der Waals surface area contributed by atoms with Gasteiger partial charge in [0.2, 0.25) is 5.79 Å². The Bertz CT molecular complexity index is 421. The van der Waals surface area contributed by atoms with Gasteiger partial charge in [-0.2, -0.15) is 0 Å².